The van der Waals surface area contributed by atoms with Crippen molar-refractivity contribution in [2.75, 3.05) is 5.32 Å². The Balaban J connectivity index is 2.37. The Morgan fingerprint density at radius 3 is 2.65 bits per heavy atom. The lowest BCUT2D eigenvalue weighted by molar-refractivity contribution is 0.101. The quantitative estimate of drug-likeness (QED) is 0.839. The fraction of sp³-hybridized carbons (Fsp3) is 0.231. The maximum Gasteiger partial charge on any atom is 0.164 e. The molecule has 0 fully saturated rings. The van der Waals surface area contributed by atoms with Crippen LogP contribution in [0.3, 0.4) is 0 Å². The zero-order valence-corrected chi connectivity index (χ0v) is 10.9. The maximum atomic E-state index is 11.5. The minimum atomic E-state index is 0.0485. The number of carbonyl (C=O) groups is 1. The van der Waals surface area contributed by atoms with Crippen molar-refractivity contribution in [1.82, 2.24) is 4.37 Å². The highest BCUT2D eigenvalue weighted by atomic mass is 32.1. The third-order valence-corrected chi connectivity index (χ3v) is 3.46. The summed E-state index contributed by atoms with van der Waals surface area (Å²) in [6.45, 7) is 5.46. The van der Waals surface area contributed by atoms with Crippen LogP contribution in [0.25, 0.3) is 0 Å². The number of para-hydroxylation sites is 1. The molecule has 17 heavy (non-hydrogen) atoms. The number of anilines is 2. The van der Waals surface area contributed by atoms with Crippen LogP contribution in [0.15, 0.2) is 24.3 Å². The number of aromatic nitrogens is 1. The zero-order valence-electron chi connectivity index (χ0n) is 10.1. The van der Waals surface area contributed by atoms with Gasteiger partial charge in [0.1, 0.15) is 5.00 Å². The Labute approximate surface area is 105 Å². The Morgan fingerprint density at radius 2 is 2.00 bits per heavy atom. The summed E-state index contributed by atoms with van der Waals surface area (Å²) in [6, 6.07) is 7.99. The van der Waals surface area contributed by atoms with Crippen molar-refractivity contribution in [1.29, 1.82) is 0 Å². The molecule has 2 rings (SSSR count). The van der Waals surface area contributed by atoms with E-state index in [2.05, 4.69) is 9.69 Å². The van der Waals surface area contributed by atoms with E-state index in [9.17, 15) is 4.79 Å². The van der Waals surface area contributed by atoms with Gasteiger partial charge >= 0.3 is 0 Å². The summed E-state index contributed by atoms with van der Waals surface area (Å²) >= 11 is 1.33. The molecule has 0 saturated heterocycles. The molecule has 0 spiro atoms. The van der Waals surface area contributed by atoms with E-state index in [0.29, 0.717) is 5.56 Å². The average Bonchev–Trinajstić information content (AvgIpc) is 2.63. The molecule has 0 aliphatic rings. The summed E-state index contributed by atoms with van der Waals surface area (Å²) in [5.41, 5.74) is 3.64. The predicted molar refractivity (Wildman–Crippen MR) is 71.3 cm³/mol. The second kappa shape index (κ2) is 4.67. The average molecular weight is 246 g/mol. The molecule has 0 unspecified atom stereocenters. The fourth-order valence-electron chi connectivity index (χ4n) is 1.71. The molecule has 1 aromatic carbocycles. The number of rotatable bonds is 3. The van der Waals surface area contributed by atoms with Gasteiger partial charge in [0, 0.05) is 5.69 Å². The van der Waals surface area contributed by atoms with Gasteiger partial charge in [0.25, 0.3) is 0 Å². The highest BCUT2D eigenvalue weighted by Gasteiger charge is 2.15. The number of ketones is 1. The van der Waals surface area contributed by atoms with Crippen LogP contribution < -0.4 is 5.32 Å². The van der Waals surface area contributed by atoms with Gasteiger partial charge in [0.2, 0.25) is 0 Å². The molecule has 88 valence electrons. The van der Waals surface area contributed by atoms with Gasteiger partial charge in [-0.2, -0.15) is 4.37 Å². The first kappa shape index (κ1) is 11.8. The van der Waals surface area contributed by atoms with Gasteiger partial charge in [-0.25, -0.2) is 0 Å². The lowest BCUT2D eigenvalue weighted by Crippen LogP contribution is -1.99. The highest BCUT2D eigenvalue weighted by Crippen LogP contribution is 2.29. The van der Waals surface area contributed by atoms with Gasteiger partial charge in [0.05, 0.1) is 11.3 Å². The normalized spacial score (nSPS) is 10.3. The largest absolute Gasteiger partial charge is 0.345 e. The summed E-state index contributed by atoms with van der Waals surface area (Å²) in [4.78, 5) is 11.5. The molecule has 2 aromatic rings. The van der Waals surface area contributed by atoms with E-state index in [4.69, 9.17) is 0 Å². The van der Waals surface area contributed by atoms with Crippen molar-refractivity contribution in [3.05, 3.63) is 41.1 Å². The molecule has 1 aromatic heterocycles. The topological polar surface area (TPSA) is 42.0 Å². The number of Topliss-reactive ketones (excluding diaryl/α,β-unsaturated/α-hetero) is 1. The molecule has 0 saturated carbocycles. The number of nitrogens with zero attached hydrogens (tertiary/aromatic N) is 1. The minimum absolute atomic E-state index is 0.0485. The Kier molecular flexibility index (Phi) is 3.24. The zero-order chi connectivity index (χ0) is 12.4. The molecule has 0 atom stereocenters. The summed E-state index contributed by atoms with van der Waals surface area (Å²) in [5, 5.41) is 4.10. The van der Waals surface area contributed by atoms with E-state index in [0.717, 1.165) is 21.9 Å². The molecular weight excluding hydrogens is 232 g/mol. The van der Waals surface area contributed by atoms with Gasteiger partial charge in [-0.15, -0.1) is 0 Å². The molecule has 0 bridgehead atoms. The number of carbonyl (C=O) groups excluding carboxylic acids is 1. The number of nitrogens with one attached hydrogen (secondary N) is 1. The van der Waals surface area contributed by atoms with Crippen LogP contribution in [-0.4, -0.2) is 10.2 Å². The van der Waals surface area contributed by atoms with Crippen LogP contribution in [0.1, 0.15) is 28.5 Å². The first-order valence-electron chi connectivity index (χ1n) is 5.39. The minimum Gasteiger partial charge on any atom is -0.345 e. The van der Waals surface area contributed by atoms with Crippen molar-refractivity contribution in [3.8, 4) is 0 Å². The lowest BCUT2D eigenvalue weighted by atomic mass is 10.1. The van der Waals surface area contributed by atoms with E-state index in [1.165, 1.54) is 11.5 Å². The number of hydrogen-bond acceptors (Lipinski definition) is 4. The molecule has 0 radical (unpaired) electrons. The monoisotopic (exact) mass is 246 g/mol. The van der Waals surface area contributed by atoms with Gasteiger partial charge in [0.15, 0.2) is 5.78 Å². The Hall–Kier alpha value is -1.68. The van der Waals surface area contributed by atoms with Gasteiger partial charge in [-0.3, -0.25) is 4.79 Å². The molecule has 3 nitrogen and oxygen atoms in total. The van der Waals surface area contributed by atoms with Gasteiger partial charge in [-0.05, 0) is 43.9 Å². The fourth-order valence-corrected chi connectivity index (χ4v) is 2.56. The maximum absolute atomic E-state index is 11.5. The van der Waals surface area contributed by atoms with Gasteiger partial charge < -0.3 is 5.32 Å². The first-order chi connectivity index (χ1) is 8.09. The van der Waals surface area contributed by atoms with E-state index in [1.54, 1.807) is 6.92 Å². The second-order valence-corrected chi connectivity index (χ2v) is 4.74. The summed E-state index contributed by atoms with van der Waals surface area (Å²) in [6.07, 6.45) is 0. The van der Waals surface area contributed by atoms with Gasteiger partial charge in [-0.1, -0.05) is 18.2 Å². The summed E-state index contributed by atoms with van der Waals surface area (Å²) < 4.78 is 4.22. The first-order valence-corrected chi connectivity index (χ1v) is 6.17. The third kappa shape index (κ3) is 2.36. The van der Waals surface area contributed by atoms with Crippen molar-refractivity contribution in [3.63, 3.8) is 0 Å². The standard InChI is InChI=1S/C13H14N2OS/c1-8-6-4-5-7-11(8)14-13-12(10(3)16)9(2)15-17-13/h4-7,14H,1-3H3. The summed E-state index contributed by atoms with van der Waals surface area (Å²) in [7, 11) is 0. The number of aryl methyl sites for hydroxylation is 2. The van der Waals surface area contributed by atoms with Crippen LogP contribution in [0, 0.1) is 13.8 Å². The van der Waals surface area contributed by atoms with Crippen molar-refractivity contribution in [2.24, 2.45) is 0 Å². The Bertz CT molecular complexity index is 560. The smallest absolute Gasteiger partial charge is 0.164 e. The van der Waals surface area contributed by atoms with Crippen molar-refractivity contribution >= 4 is 28.0 Å². The van der Waals surface area contributed by atoms with E-state index < -0.39 is 0 Å². The van der Waals surface area contributed by atoms with Crippen LogP contribution in [0.5, 0.6) is 0 Å². The molecule has 0 amide bonds. The van der Waals surface area contributed by atoms with Crippen LogP contribution in [0.2, 0.25) is 0 Å². The van der Waals surface area contributed by atoms with Crippen molar-refractivity contribution < 1.29 is 4.79 Å². The summed E-state index contributed by atoms with van der Waals surface area (Å²) in [5.74, 6) is 0.0485. The number of hydrogen-bond donors (Lipinski definition) is 1. The molecule has 1 N–H and O–H groups in total. The third-order valence-electron chi connectivity index (χ3n) is 2.61. The molecular formula is C13H14N2OS. The molecule has 0 aliphatic heterocycles. The predicted octanol–water partition coefficient (Wildman–Crippen LogP) is 3.71. The molecule has 1 heterocycles. The van der Waals surface area contributed by atoms with E-state index >= 15 is 0 Å². The van der Waals surface area contributed by atoms with Crippen LogP contribution in [0.4, 0.5) is 10.7 Å². The molecule has 0 aliphatic carbocycles. The van der Waals surface area contributed by atoms with Crippen LogP contribution in [-0.2, 0) is 0 Å². The van der Waals surface area contributed by atoms with E-state index in [-0.39, 0.29) is 5.78 Å². The second-order valence-electron chi connectivity index (χ2n) is 3.97. The Morgan fingerprint density at radius 1 is 1.29 bits per heavy atom. The van der Waals surface area contributed by atoms with Crippen LogP contribution >= 0.6 is 11.5 Å². The van der Waals surface area contributed by atoms with E-state index in [1.807, 2.05) is 38.1 Å². The highest BCUT2D eigenvalue weighted by molar-refractivity contribution is 7.10. The van der Waals surface area contributed by atoms with Crippen molar-refractivity contribution in [2.45, 2.75) is 20.8 Å². The number of benzene rings is 1. The SMILES string of the molecule is CC(=O)c1c(C)nsc1Nc1ccccc1C. The molecule has 4 heteroatoms. The lowest BCUT2D eigenvalue weighted by Gasteiger charge is -2.08.